The van der Waals surface area contributed by atoms with Crippen LogP contribution in [0.4, 0.5) is 0 Å². The van der Waals surface area contributed by atoms with E-state index in [4.69, 9.17) is 9.47 Å². The highest BCUT2D eigenvalue weighted by Gasteiger charge is 2.13. The van der Waals surface area contributed by atoms with Crippen LogP contribution in [0.5, 0.6) is 0 Å². The van der Waals surface area contributed by atoms with Crippen molar-refractivity contribution in [1.82, 2.24) is 10.6 Å². The smallest absolute Gasteiger partial charge is 0.236 e. The van der Waals surface area contributed by atoms with Crippen molar-refractivity contribution in [1.29, 1.82) is 0 Å². The number of likely N-dealkylation sites (N-methyl/N-ethyl adjacent to an activating group) is 1. The third-order valence-electron chi connectivity index (χ3n) is 2.08. The van der Waals surface area contributed by atoms with Crippen molar-refractivity contribution in [3.8, 4) is 0 Å². The van der Waals surface area contributed by atoms with Crippen LogP contribution in [0, 0.1) is 0 Å². The largest absolute Gasteiger partial charge is 0.382 e. The van der Waals surface area contributed by atoms with Gasteiger partial charge < -0.3 is 20.1 Å². The van der Waals surface area contributed by atoms with Crippen LogP contribution in [0.1, 0.15) is 13.8 Å². The predicted molar refractivity (Wildman–Crippen MR) is 58.8 cm³/mol. The lowest BCUT2D eigenvalue weighted by molar-refractivity contribution is -0.122. The molecule has 0 saturated heterocycles. The highest BCUT2D eigenvalue weighted by Crippen LogP contribution is 1.90. The van der Waals surface area contributed by atoms with Crippen molar-refractivity contribution in [3.63, 3.8) is 0 Å². The minimum Gasteiger partial charge on any atom is -0.382 e. The molecular weight excluding hydrogens is 196 g/mol. The second kappa shape index (κ2) is 8.64. The molecular formula is C10H22N2O3. The van der Waals surface area contributed by atoms with Gasteiger partial charge in [-0.15, -0.1) is 0 Å². The predicted octanol–water partition coefficient (Wildman–Crippen LogP) is -0.238. The molecule has 90 valence electrons. The Morgan fingerprint density at radius 3 is 2.53 bits per heavy atom. The topological polar surface area (TPSA) is 59.6 Å². The van der Waals surface area contributed by atoms with E-state index in [1.807, 2.05) is 13.8 Å². The molecule has 5 heteroatoms. The van der Waals surface area contributed by atoms with Crippen LogP contribution >= 0.6 is 0 Å². The second-order valence-corrected chi connectivity index (χ2v) is 3.34. The number of amides is 1. The lowest BCUT2D eigenvalue weighted by Crippen LogP contribution is -2.45. The summed E-state index contributed by atoms with van der Waals surface area (Å²) in [7, 11) is 3.25. The van der Waals surface area contributed by atoms with Crippen molar-refractivity contribution in [3.05, 3.63) is 0 Å². The first-order valence-corrected chi connectivity index (χ1v) is 5.18. The van der Waals surface area contributed by atoms with Crippen LogP contribution in [0.3, 0.4) is 0 Å². The van der Waals surface area contributed by atoms with Gasteiger partial charge in [-0.3, -0.25) is 4.79 Å². The molecule has 2 unspecified atom stereocenters. The molecule has 15 heavy (non-hydrogen) atoms. The first-order valence-electron chi connectivity index (χ1n) is 5.18. The highest BCUT2D eigenvalue weighted by atomic mass is 16.5. The van der Waals surface area contributed by atoms with Crippen LogP contribution < -0.4 is 10.6 Å². The molecule has 2 atom stereocenters. The molecule has 0 aliphatic rings. The fraction of sp³-hybridized carbons (Fsp3) is 0.900. The molecule has 0 spiro atoms. The number of methoxy groups -OCH3 is 2. The zero-order valence-corrected chi connectivity index (χ0v) is 10.0. The number of hydrogen-bond acceptors (Lipinski definition) is 4. The van der Waals surface area contributed by atoms with Crippen LogP contribution in [0.15, 0.2) is 0 Å². The van der Waals surface area contributed by atoms with Crippen LogP contribution in [0.25, 0.3) is 0 Å². The summed E-state index contributed by atoms with van der Waals surface area (Å²) >= 11 is 0. The van der Waals surface area contributed by atoms with Crippen molar-refractivity contribution in [2.45, 2.75) is 26.0 Å². The van der Waals surface area contributed by atoms with Gasteiger partial charge in [0.2, 0.25) is 5.91 Å². The van der Waals surface area contributed by atoms with Crippen LogP contribution in [-0.2, 0) is 14.3 Å². The van der Waals surface area contributed by atoms with E-state index in [-0.39, 0.29) is 18.1 Å². The van der Waals surface area contributed by atoms with E-state index in [2.05, 4.69) is 10.6 Å². The zero-order chi connectivity index (χ0) is 11.7. The molecule has 0 aromatic carbocycles. The Balaban J connectivity index is 3.76. The summed E-state index contributed by atoms with van der Waals surface area (Å²) in [6.45, 7) is 5.49. The average Bonchev–Trinajstić information content (AvgIpc) is 2.24. The van der Waals surface area contributed by atoms with Crippen molar-refractivity contribution >= 4 is 5.91 Å². The van der Waals surface area contributed by atoms with Crippen molar-refractivity contribution in [2.24, 2.45) is 0 Å². The fourth-order valence-electron chi connectivity index (χ4n) is 1.12. The SMILES string of the molecule is CCNC(=O)C(C)NCC(COC)OC. The molecule has 0 bridgehead atoms. The van der Waals surface area contributed by atoms with Gasteiger partial charge in [0.15, 0.2) is 0 Å². The van der Waals surface area contributed by atoms with E-state index in [1.54, 1.807) is 14.2 Å². The maximum absolute atomic E-state index is 11.4. The Labute approximate surface area is 91.5 Å². The van der Waals surface area contributed by atoms with E-state index in [0.717, 1.165) is 0 Å². The van der Waals surface area contributed by atoms with Crippen LogP contribution in [-0.4, -0.2) is 52.0 Å². The summed E-state index contributed by atoms with van der Waals surface area (Å²) in [4.78, 5) is 11.4. The van der Waals surface area contributed by atoms with Gasteiger partial charge in [-0.05, 0) is 13.8 Å². The first kappa shape index (κ1) is 14.3. The molecule has 2 N–H and O–H groups in total. The quantitative estimate of drug-likeness (QED) is 0.590. The lowest BCUT2D eigenvalue weighted by Gasteiger charge is -2.18. The Hall–Kier alpha value is -0.650. The van der Waals surface area contributed by atoms with Gasteiger partial charge in [-0.2, -0.15) is 0 Å². The van der Waals surface area contributed by atoms with E-state index in [0.29, 0.717) is 19.7 Å². The maximum Gasteiger partial charge on any atom is 0.236 e. The van der Waals surface area contributed by atoms with Gasteiger partial charge in [0.05, 0.1) is 18.8 Å². The van der Waals surface area contributed by atoms with E-state index >= 15 is 0 Å². The summed E-state index contributed by atoms with van der Waals surface area (Å²) in [5.74, 6) is 0.00442. The standard InChI is InChI=1S/C10H22N2O3/c1-5-11-10(13)8(2)12-6-9(15-4)7-14-3/h8-9,12H,5-7H2,1-4H3,(H,11,13). The van der Waals surface area contributed by atoms with E-state index < -0.39 is 0 Å². The molecule has 1 amide bonds. The third kappa shape index (κ3) is 6.43. The van der Waals surface area contributed by atoms with Gasteiger partial charge in [-0.25, -0.2) is 0 Å². The van der Waals surface area contributed by atoms with Gasteiger partial charge in [0, 0.05) is 27.3 Å². The van der Waals surface area contributed by atoms with Crippen molar-refractivity contribution in [2.75, 3.05) is 33.9 Å². The zero-order valence-electron chi connectivity index (χ0n) is 10.0. The molecule has 0 radical (unpaired) electrons. The Kier molecular flexibility index (Phi) is 8.27. The summed E-state index contributed by atoms with van der Waals surface area (Å²) < 4.78 is 10.1. The average molecular weight is 218 g/mol. The molecule has 0 aliphatic heterocycles. The minimum absolute atomic E-state index is 0.00442. The maximum atomic E-state index is 11.4. The number of carbonyl (C=O) groups is 1. The summed E-state index contributed by atoms with van der Waals surface area (Å²) in [6, 6.07) is -0.209. The second-order valence-electron chi connectivity index (χ2n) is 3.34. The number of hydrogen-bond donors (Lipinski definition) is 2. The van der Waals surface area contributed by atoms with Crippen LogP contribution in [0.2, 0.25) is 0 Å². The van der Waals surface area contributed by atoms with E-state index in [1.165, 1.54) is 0 Å². The third-order valence-corrected chi connectivity index (χ3v) is 2.08. The lowest BCUT2D eigenvalue weighted by atomic mass is 10.3. The number of ether oxygens (including phenoxy) is 2. The van der Waals surface area contributed by atoms with Gasteiger partial charge in [0.25, 0.3) is 0 Å². The molecule has 0 saturated carbocycles. The number of nitrogens with one attached hydrogen (secondary N) is 2. The first-order chi connectivity index (χ1) is 7.15. The molecule has 0 heterocycles. The number of carbonyl (C=O) groups excluding carboxylic acids is 1. The fourth-order valence-corrected chi connectivity index (χ4v) is 1.12. The minimum atomic E-state index is -0.209. The Bertz CT molecular complexity index is 176. The number of rotatable bonds is 8. The monoisotopic (exact) mass is 218 g/mol. The molecule has 0 fully saturated rings. The van der Waals surface area contributed by atoms with Gasteiger partial charge in [0.1, 0.15) is 0 Å². The molecule has 0 aromatic heterocycles. The van der Waals surface area contributed by atoms with E-state index in [9.17, 15) is 4.79 Å². The summed E-state index contributed by atoms with van der Waals surface area (Å²) in [5, 5.41) is 5.83. The Morgan fingerprint density at radius 2 is 2.07 bits per heavy atom. The normalized spacial score (nSPS) is 14.7. The van der Waals surface area contributed by atoms with Crippen molar-refractivity contribution < 1.29 is 14.3 Å². The molecule has 0 aliphatic carbocycles. The summed E-state index contributed by atoms with van der Waals surface area (Å²) in [5.41, 5.74) is 0. The van der Waals surface area contributed by atoms with Gasteiger partial charge in [-0.1, -0.05) is 0 Å². The van der Waals surface area contributed by atoms with Gasteiger partial charge >= 0.3 is 0 Å². The molecule has 5 nitrogen and oxygen atoms in total. The molecule has 0 rings (SSSR count). The Morgan fingerprint density at radius 1 is 1.40 bits per heavy atom. The molecule has 0 aromatic rings. The summed E-state index contributed by atoms with van der Waals surface area (Å²) in [6.07, 6.45) is -0.0214. The highest BCUT2D eigenvalue weighted by molar-refractivity contribution is 5.81.